The SMILES string of the molecule is O=C(Nc1nc(C2CC2)ns1)N1CC[C@H]2CC[C@@H](O)[C@H]21. The Labute approximate surface area is 121 Å². The van der Waals surface area contributed by atoms with Gasteiger partial charge in [0.2, 0.25) is 5.13 Å². The second-order valence-corrected chi connectivity index (χ2v) is 6.79. The molecule has 0 spiro atoms. The van der Waals surface area contributed by atoms with E-state index in [1.807, 2.05) is 0 Å². The molecule has 0 aromatic carbocycles. The fourth-order valence-corrected chi connectivity index (χ4v) is 4.10. The predicted molar refractivity (Wildman–Crippen MR) is 74.7 cm³/mol. The van der Waals surface area contributed by atoms with Gasteiger partial charge in [0, 0.05) is 24.0 Å². The highest BCUT2D eigenvalue weighted by Gasteiger charge is 2.45. The van der Waals surface area contributed by atoms with Gasteiger partial charge >= 0.3 is 6.03 Å². The highest BCUT2D eigenvalue weighted by molar-refractivity contribution is 7.09. The second kappa shape index (κ2) is 4.66. The van der Waals surface area contributed by atoms with Crippen LogP contribution >= 0.6 is 11.5 Å². The van der Waals surface area contributed by atoms with Crippen molar-refractivity contribution in [2.45, 2.75) is 50.2 Å². The lowest BCUT2D eigenvalue weighted by Gasteiger charge is -2.26. The number of nitrogens with one attached hydrogen (secondary N) is 1. The quantitative estimate of drug-likeness (QED) is 0.871. The lowest BCUT2D eigenvalue weighted by molar-refractivity contribution is 0.101. The van der Waals surface area contributed by atoms with Gasteiger partial charge in [-0.25, -0.2) is 9.78 Å². The first-order valence-electron chi connectivity index (χ1n) is 7.31. The summed E-state index contributed by atoms with van der Waals surface area (Å²) in [5.41, 5.74) is 0. The molecular weight excluding hydrogens is 276 g/mol. The fourth-order valence-electron chi connectivity index (χ4n) is 3.47. The Hall–Kier alpha value is -1.21. The molecule has 0 unspecified atom stereocenters. The Morgan fingerprint density at radius 3 is 2.95 bits per heavy atom. The molecule has 0 bridgehead atoms. The van der Waals surface area contributed by atoms with Crippen LogP contribution < -0.4 is 5.32 Å². The van der Waals surface area contributed by atoms with Crippen molar-refractivity contribution in [2.24, 2.45) is 5.92 Å². The number of aliphatic hydroxyl groups is 1. The summed E-state index contributed by atoms with van der Waals surface area (Å²) >= 11 is 1.25. The van der Waals surface area contributed by atoms with Crippen LogP contribution in [-0.2, 0) is 0 Å². The van der Waals surface area contributed by atoms with Crippen LogP contribution in [0.5, 0.6) is 0 Å². The van der Waals surface area contributed by atoms with Crippen LogP contribution in [0.15, 0.2) is 0 Å². The first-order chi connectivity index (χ1) is 9.72. The highest BCUT2D eigenvalue weighted by atomic mass is 32.1. The van der Waals surface area contributed by atoms with Crippen LogP contribution in [0, 0.1) is 5.92 Å². The Morgan fingerprint density at radius 1 is 1.30 bits per heavy atom. The first-order valence-corrected chi connectivity index (χ1v) is 8.09. The third-order valence-corrected chi connectivity index (χ3v) is 5.31. The number of aliphatic hydroxyl groups excluding tert-OH is 1. The fraction of sp³-hybridized carbons (Fsp3) is 0.769. The van der Waals surface area contributed by atoms with E-state index in [0.717, 1.165) is 44.5 Å². The molecule has 2 saturated carbocycles. The zero-order valence-corrected chi connectivity index (χ0v) is 12.0. The summed E-state index contributed by atoms with van der Waals surface area (Å²) in [6, 6.07) is -0.150. The number of nitrogens with zero attached hydrogens (tertiary/aromatic N) is 3. The molecule has 0 radical (unpaired) electrons. The van der Waals surface area contributed by atoms with Gasteiger partial charge in [-0.3, -0.25) is 5.32 Å². The van der Waals surface area contributed by atoms with Crippen LogP contribution in [0.4, 0.5) is 9.93 Å². The summed E-state index contributed by atoms with van der Waals surface area (Å²) in [4.78, 5) is 18.5. The number of anilines is 1. The minimum absolute atomic E-state index is 0.00850. The smallest absolute Gasteiger partial charge is 0.324 e. The molecule has 1 aromatic heterocycles. The van der Waals surface area contributed by atoms with Crippen molar-refractivity contribution in [3.8, 4) is 0 Å². The number of carbonyl (C=O) groups is 1. The molecule has 4 rings (SSSR count). The molecule has 2 aliphatic carbocycles. The zero-order valence-electron chi connectivity index (χ0n) is 11.2. The van der Waals surface area contributed by atoms with Crippen molar-refractivity contribution in [3.05, 3.63) is 5.82 Å². The van der Waals surface area contributed by atoms with E-state index >= 15 is 0 Å². The van der Waals surface area contributed by atoms with Gasteiger partial charge in [-0.1, -0.05) is 0 Å². The van der Waals surface area contributed by atoms with E-state index in [0.29, 0.717) is 17.0 Å². The van der Waals surface area contributed by atoms with E-state index in [1.54, 1.807) is 4.90 Å². The van der Waals surface area contributed by atoms with Crippen LogP contribution in [-0.4, -0.2) is 44.1 Å². The molecule has 2 heterocycles. The van der Waals surface area contributed by atoms with E-state index in [-0.39, 0.29) is 18.2 Å². The average Bonchev–Trinajstić information content (AvgIpc) is 2.87. The molecule has 6 nitrogen and oxygen atoms in total. The molecule has 2 amide bonds. The van der Waals surface area contributed by atoms with Crippen molar-refractivity contribution in [3.63, 3.8) is 0 Å². The second-order valence-electron chi connectivity index (χ2n) is 6.04. The third kappa shape index (κ3) is 2.09. The van der Waals surface area contributed by atoms with E-state index in [4.69, 9.17) is 0 Å². The van der Waals surface area contributed by atoms with Gasteiger partial charge in [-0.15, -0.1) is 0 Å². The van der Waals surface area contributed by atoms with Gasteiger partial charge in [0.05, 0.1) is 12.1 Å². The van der Waals surface area contributed by atoms with Crippen molar-refractivity contribution < 1.29 is 9.90 Å². The molecular formula is C13H18N4O2S. The standard InChI is InChI=1S/C13H18N4O2S/c18-9-4-3-7-5-6-17(10(7)9)13(19)15-12-14-11(16-20-12)8-1-2-8/h7-10,18H,1-6H2,(H,14,15,16,19)/t7-,9-,10+/m1/s1. The molecule has 1 saturated heterocycles. The number of urea groups is 1. The summed E-state index contributed by atoms with van der Waals surface area (Å²) in [6.45, 7) is 0.729. The number of carbonyl (C=O) groups excluding carboxylic acids is 1. The Bertz CT molecular complexity index is 530. The summed E-state index contributed by atoms with van der Waals surface area (Å²) in [7, 11) is 0. The molecule has 3 atom stereocenters. The van der Waals surface area contributed by atoms with Gasteiger partial charge in [0.15, 0.2) is 0 Å². The summed E-state index contributed by atoms with van der Waals surface area (Å²) in [5, 5.41) is 13.4. The minimum Gasteiger partial charge on any atom is -0.391 e. The highest BCUT2D eigenvalue weighted by Crippen LogP contribution is 2.40. The van der Waals surface area contributed by atoms with Gasteiger partial charge in [-0.2, -0.15) is 4.37 Å². The number of aromatic nitrogens is 2. The molecule has 1 aliphatic heterocycles. The maximum atomic E-state index is 12.3. The van der Waals surface area contributed by atoms with E-state index in [2.05, 4.69) is 14.7 Å². The molecule has 3 fully saturated rings. The van der Waals surface area contributed by atoms with Crippen LogP contribution in [0.25, 0.3) is 0 Å². The summed E-state index contributed by atoms with van der Waals surface area (Å²) in [6.07, 6.45) is 4.78. The molecule has 2 N–H and O–H groups in total. The predicted octanol–water partition coefficient (Wildman–Crippen LogP) is 1.79. The molecule has 108 valence electrons. The number of fused-ring (bicyclic) bond motifs is 1. The number of hydrogen-bond acceptors (Lipinski definition) is 5. The maximum absolute atomic E-state index is 12.3. The van der Waals surface area contributed by atoms with E-state index in [9.17, 15) is 9.90 Å². The van der Waals surface area contributed by atoms with Crippen LogP contribution in [0.1, 0.15) is 43.8 Å². The maximum Gasteiger partial charge on any atom is 0.324 e. The normalized spacial score (nSPS) is 32.5. The van der Waals surface area contributed by atoms with Crippen molar-refractivity contribution in [2.75, 3.05) is 11.9 Å². The molecule has 3 aliphatic rings. The van der Waals surface area contributed by atoms with Crippen molar-refractivity contribution >= 4 is 22.7 Å². The number of likely N-dealkylation sites (tertiary alicyclic amines) is 1. The monoisotopic (exact) mass is 294 g/mol. The lowest BCUT2D eigenvalue weighted by Crippen LogP contribution is -2.44. The van der Waals surface area contributed by atoms with E-state index in [1.165, 1.54) is 11.5 Å². The topological polar surface area (TPSA) is 78.4 Å². The Morgan fingerprint density at radius 2 is 2.15 bits per heavy atom. The van der Waals surface area contributed by atoms with Gasteiger partial charge in [0.25, 0.3) is 0 Å². The number of rotatable bonds is 2. The minimum atomic E-state index is -0.371. The average molecular weight is 294 g/mol. The lowest BCUT2D eigenvalue weighted by atomic mass is 10.0. The van der Waals surface area contributed by atoms with Crippen molar-refractivity contribution in [1.29, 1.82) is 0 Å². The van der Waals surface area contributed by atoms with Gasteiger partial charge in [-0.05, 0) is 38.0 Å². The third-order valence-electron chi connectivity index (χ3n) is 4.67. The van der Waals surface area contributed by atoms with Gasteiger partial charge < -0.3 is 10.0 Å². The van der Waals surface area contributed by atoms with Crippen molar-refractivity contribution in [1.82, 2.24) is 14.3 Å². The zero-order chi connectivity index (χ0) is 13.7. The molecule has 7 heteroatoms. The summed E-state index contributed by atoms with van der Waals surface area (Å²) < 4.78 is 4.29. The number of hydrogen-bond donors (Lipinski definition) is 2. The Balaban J connectivity index is 1.44. The van der Waals surface area contributed by atoms with Gasteiger partial charge in [0.1, 0.15) is 5.82 Å². The van der Waals surface area contributed by atoms with E-state index < -0.39 is 0 Å². The summed E-state index contributed by atoms with van der Waals surface area (Å²) in [5.74, 6) is 1.84. The Kier molecular flexibility index (Phi) is 2.92. The largest absolute Gasteiger partial charge is 0.391 e. The first kappa shape index (κ1) is 12.5. The molecule has 20 heavy (non-hydrogen) atoms. The van der Waals surface area contributed by atoms with Crippen LogP contribution in [0.3, 0.4) is 0 Å². The molecule has 1 aromatic rings. The number of amides is 2. The van der Waals surface area contributed by atoms with Crippen LogP contribution in [0.2, 0.25) is 0 Å².